The number of aromatic nitrogens is 1. The number of hydrogen-bond acceptors (Lipinski definition) is 4. The van der Waals surface area contributed by atoms with Gasteiger partial charge in [0.05, 0.1) is 5.69 Å². The van der Waals surface area contributed by atoms with Gasteiger partial charge in [-0.2, -0.15) is 0 Å². The number of piperazine rings is 1. The van der Waals surface area contributed by atoms with E-state index in [9.17, 15) is 0 Å². The molecule has 0 saturated carbocycles. The summed E-state index contributed by atoms with van der Waals surface area (Å²) in [7, 11) is 2.16. The number of halogens is 2. The van der Waals surface area contributed by atoms with Crippen LogP contribution in [0.4, 0.5) is 5.13 Å². The van der Waals surface area contributed by atoms with Crippen LogP contribution in [0.5, 0.6) is 0 Å². The van der Waals surface area contributed by atoms with Crippen LogP contribution in [0.15, 0.2) is 29.6 Å². The van der Waals surface area contributed by atoms with Crippen LogP contribution < -0.4 is 4.90 Å². The van der Waals surface area contributed by atoms with E-state index in [1.165, 1.54) is 0 Å². The number of rotatable bonds is 2. The fourth-order valence-electron chi connectivity index (χ4n) is 2.19. The molecule has 2 heterocycles. The predicted octanol–water partition coefficient (Wildman–Crippen LogP) is 3.64. The minimum Gasteiger partial charge on any atom is -0.346 e. The molecule has 1 aliphatic heterocycles. The predicted molar refractivity (Wildman–Crippen MR) is 89.5 cm³/mol. The summed E-state index contributed by atoms with van der Waals surface area (Å²) >= 11 is 7.74. The van der Waals surface area contributed by atoms with E-state index in [1.54, 1.807) is 11.3 Å². The van der Waals surface area contributed by atoms with Crippen molar-refractivity contribution in [2.75, 3.05) is 38.1 Å². The molecule has 0 amide bonds. The van der Waals surface area contributed by atoms with Crippen molar-refractivity contribution >= 4 is 40.5 Å². The highest BCUT2D eigenvalue weighted by Gasteiger charge is 2.17. The third-order valence-electron chi connectivity index (χ3n) is 3.39. The molecule has 0 N–H and O–H groups in total. The summed E-state index contributed by atoms with van der Waals surface area (Å²) in [4.78, 5) is 9.45. The van der Waals surface area contributed by atoms with Crippen LogP contribution in [0.2, 0.25) is 5.02 Å². The molecule has 0 atom stereocenters. The van der Waals surface area contributed by atoms with E-state index in [4.69, 9.17) is 16.6 Å². The molecule has 1 saturated heterocycles. The molecule has 0 spiro atoms. The van der Waals surface area contributed by atoms with Gasteiger partial charge in [-0.3, -0.25) is 0 Å². The molecular formula is C14H17Cl2N3S. The van der Waals surface area contributed by atoms with Crippen LogP contribution >= 0.6 is 35.3 Å². The Bertz CT molecular complexity index is 565. The van der Waals surface area contributed by atoms with E-state index in [0.717, 1.165) is 47.6 Å². The van der Waals surface area contributed by atoms with Crippen LogP contribution in [-0.2, 0) is 0 Å². The first-order valence-electron chi connectivity index (χ1n) is 6.37. The lowest BCUT2D eigenvalue weighted by atomic mass is 10.2. The third kappa shape index (κ3) is 3.44. The summed E-state index contributed by atoms with van der Waals surface area (Å²) in [5.41, 5.74) is 2.10. The lowest BCUT2D eigenvalue weighted by Crippen LogP contribution is -2.44. The summed E-state index contributed by atoms with van der Waals surface area (Å²) in [5, 5.41) is 3.98. The van der Waals surface area contributed by atoms with E-state index in [2.05, 4.69) is 28.3 Å². The number of nitrogens with zero attached hydrogens (tertiary/aromatic N) is 3. The van der Waals surface area contributed by atoms with Crippen molar-refractivity contribution in [2.24, 2.45) is 0 Å². The second-order valence-electron chi connectivity index (χ2n) is 4.82. The summed E-state index contributed by atoms with van der Waals surface area (Å²) in [6.07, 6.45) is 0. The van der Waals surface area contributed by atoms with Gasteiger partial charge in [-0.15, -0.1) is 23.7 Å². The molecule has 0 unspecified atom stereocenters. The molecule has 3 rings (SSSR count). The largest absolute Gasteiger partial charge is 0.346 e. The van der Waals surface area contributed by atoms with Gasteiger partial charge in [-0.25, -0.2) is 4.98 Å². The number of hydrogen-bond donors (Lipinski definition) is 0. The van der Waals surface area contributed by atoms with Crippen molar-refractivity contribution in [2.45, 2.75) is 0 Å². The number of thiazole rings is 1. The second kappa shape index (κ2) is 6.76. The Morgan fingerprint density at radius 3 is 2.65 bits per heavy atom. The number of likely N-dealkylation sites (N-methyl/N-ethyl adjacent to an activating group) is 1. The molecule has 1 aromatic heterocycles. The lowest BCUT2D eigenvalue weighted by Gasteiger charge is -2.32. The Morgan fingerprint density at radius 1 is 1.20 bits per heavy atom. The Labute approximate surface area is 134 Å². The van der Waals surface area contributed by atoms with E-state index in [-0.39, 0.29) is 12.4 Å². The molecular weight excluding hydrogens is 313 g/mol. The number of benzene rings is 1. The van der Waals surface area contributed by atoms with E-state index in [1.807, 2.05) is 18.2 Å². The van der Waals surface area contributed by atoms with Gasteiger partial charge in [0.2, 0.25) is 0 Å². The summed E-state index contributed by atoms with van der Waals surface area (Å²) in [6.45, 7) is 4.32. The van der Waals surface area contributed by atoms with Crippen molar-refractivity contribution in [3.8, 4) is 11.3 Å². The maximum Gasteiger partial charge on any atom is 0.185 e. The Morgan fingerprint density at radius 2 is 1.95 bits per heavy atom. The van der Waals surface area contributed by atoms with Gasteiger partial charge in [0.25, 0.3) is 0 Å². The highest BCUT2D eigenvalue weighted by Crippen LogP contribution is 2.29. The molecule has 20 heavy (non-hydrogen) atoms. The molecule has 108 valence electrons. The third-order valence-corrected chi connectivity index (χ3v) is 4.52. The molecule has 6 heteroatoms. The first-order chi connectivity index (χ1) is 9.22. The van der Waals surface area contributed by atoms with Gasteiger partial charge in [0, 0.05) is 42.1 Å². The van der Waals surface area contributed by atoms with Crippen molar-refractivity contribution in [1.82, 2.24) is 9.88 Å². The zero-order valence-electron chi connectivity index (χ0n) is 11.3. The molecule has 0 radical (unpaired) electrons. The fraction of sp³-hybridized carbons (Fsp3) is 0.357. The Kier molecular flexibility index (Phi) is 5.27. The van der Waals surface area contributed by atoms with Crippen molar-refractivity contribution in [3.63, 3.8) is 0 Å². The molecule has 0 bridgehead atoms. The average Bonchev–Trinajstić information content (AvgIpc) is 2.89. The first-order valence-corrected chi connectivity index (χ1v) is 7.63. The standard InChI is InChI=1S/C14H16ClN3S.ClH/c1-17-5-7-18(8-6-17)14-16-13(10-19-14)11-3-2-4-12(15)9-11;/h2-4,9-10H,5-8H2,1H3;1H. The van der Waals surface area contributed by atoms with Crippen molar-refractivity contribution in [3.05, 3.63) is 34.7 Å². The van der Waals surface area contributed by atoms with Gasteiger partial charge in [-0.05, 0) is 19.2 Å². The first kappa shape index (κ1) is 15.6. The van der Waals surface area contributed by atoms with E-state index in [0.29, 0.717) is 0 Å². The SMILES string of the molecule is CN1CCN(c2nc(-c3cccc(Cl)c3)cs2)CC1.Cl. The van der Waals surface area contributed by atoms with Crippen LogP contribution in [0, 0.1) is 0 Å². The second-order valence-corrected chi connectivity index (χ2v) is 6.09. The summed E-state index contributed by atoms with van der Waals surface area (Å²) in [6, 6.07) is 7.87. The molecule has 3 nitrogen and oxygen atoms in total. The van der Waals surface area contributed by atoms with Crippen molar-refractivity contribution in [1.29, 1.82) is 0 Å². The summed E-state index contributed by atoms with van der Waals surface area (Å²) < 4.78 is 0. The molecule has 2 aromatic rings. The monoisotopic (exact) mass is 329 g/mol. The van der Waals surface area contributed by atoms with E-state index < -0.39 is 0 Å². The van der Waals surface area contributed by atoms with Gasteiger partial charge < -0.3 is 9.80 Å². The van der Waals surface area contributed by atoms with Gasteiger partial charge in [-0.1, -0.05) is 23.7 Å². The smallest absolute Gasteiger partial charge is 0.185 e. The maximum absolute atomic E-state index is 6.03. The van der Waals surface area contributed by atoms with Crippen LogP contribution in [-0.4, -0.2) is 43.1 Å². The highest BCUT2D eigenvalue weighted by molar-refractivity contribution is 7.14. The minimum atomic E-state index is 0. The molecule has 1 fully saturated rings. The highest BCUT2D eigenvalue weighted by atomic mass is 35.5. The quantitative estimate of drug-likeness (QED) is 0.838. The Balaban J connectivity index is 0.00000147. The Hall–Kier alpha value is -0.810. The van der Waals surface area contributed by atoms with Gasteiger partial charge >= 0.3 is 0 Å². The van der Waals surface area contributed by atoms with Crippen LogP contribution in [0.25, 0.3) is 11.3 Å². The maximum atomic E-state index is 6.03. The molecule has 1 aromatic carbocycles. The fourth-order valence-corrected chi connectivity index (χ4v) is 3.27. The van der Waals surface area contributed by atoms with Crippen molar-refractivity contribution < 1.29 is 0 Å². The van der Waals surface area contributed by atoms with Gasteiger partial charge in [0.1, 0.15) is 0 Å². The number of anilines is 1. The normalized spacial score (nSPS) is 16.0. The zero-order valence-corrected chi connectivity index (χ0v) is 13.6. The topological polar surface area (TPSA) is 19.4 Å². The minimum absolute atomic E-state index is 0. The van der Waals surface area contributed by atoms with E-state index >= 15 is 0 Å². The zero-order chi connectivity index (χ0) is 13.2. The summed E-state index contributed by atoms with van der Waals surface area (Å²) in [5.74, 6) is 0. The lowest BCUT2D eigenvalue weighted by molar-refractivity contribution is 0.313. The van der Waals surface area contributed by atoms with Crippen LogP contribution in [0.1, 0.15) is 0 Å². The molecule has 1 aliphatic rings. The molecule has 0 aliphatic carbocycles. The van der Waals surface area contributed by atoms with Crippen LogP contribution in [0.3, 0.4) is 0 Å². The van der Waals surface area contributed by atoms with Gasteiger partial charge in [0.15, 0.2) is 5.13 Å². The average molecular weight is 330 g/mol.